The van der Waals surface area contributed by atoms with Crippen LogP contribution >= 0.6 is 0 Å². The molecule has 1 N–H and O–H groups in total. The quantitative estimate of drug-likeness (QED) is 0.866. The molecular weight excluding hydrogens is 273 g/mol. The molecule has 0 aromatic heterocycles. The van der Waals surface area contributed by atoms with Crippen LogP contribution in [0.2, 0.25) is 0 Å². The van der Waals surface area contributed by atoms with Crippen molar-refractivity contribution in [3.05, 3.63) is 35.9 Å². The fraction of sp³-hybridized carbons (Fsp3) is 0.562. The maximum atomic E-state index is 13.8. The molecule has 1 amide bonds. The van der Waals surface area contributed by atoms with E-state index < -0.39 is 24.0 Å². The lowest BCUT2D eigenvalue weighted by atomic mass is 9.93. The molecule has 0 radical (unpaired) electrons. The number of aliphatic hydroxyl groups excluding tert-OH is 1. The minimum atomic E-state index is -1.45. The summed E-state index contributed by atoms with van der Waals surface area (Å²) >= 11 is 0. The van der Waals surface area contributed by atoms with Crippen molar-refractivity contribution in [2.24, 2.45) is 0 Å². The first-order valence-corrected chi connectivity index (χ1v) is 7.14. The number of amides is 1. The molecule has 2 rings (SSSR count). The Morgan fingerprint density at radius 1 is 1.33 bits per heavy atom. The van der Waals surface area contributed by atoms with Gasteiger partial charge in [-0.05, 0) is 26.3 Å². The Morgan fingerprint density at radius 3 is 2.52 bits per heavy atom. The van der Waals surface area contributed by atoms with Crippen LogP contribution in [0.25, 0.3) is 0 Å². The molecule has 116 valence electrons. The van der Waals surface area contributed by atoms with E-state index in [1.54, 1.807) is 20.8 Å². The van der Waals surface area contributed by atoms with Gasteiger partial charge in [0.1, 0.15) is 11.8 Å². The molecule has 0 aliphatic carbocycles. The number of hydrogen-bond donors (Lipinski definition) is 1. The van der Waals surface area contributed by atoms with E-state index in [-0.39, 0.29) is 19.0 Å². The highest BCUT2D eigenvalue weighted by Gasteiger charge is 2.39. The average Bonchev–Trinajstić information content (AvgIpc) is 2.40. The summed E-state index contributed by atoms with van der Waals surface area (Å²) in [5.74, 6) is 0. The Morgan fingerprint density at radius 2 is 1.95 bits per heavy atom. The molecule has 0 bridgehead atoms. The smallest absolute Gasteiger partial charge is 0.410 e. The first kappa shape index (κ1) is 15.8. The zero-order chi connectivity index (χ0) is 15.6. The molecular formula is C16H22FNO3. The number of carbonyl (C=O) groups excluding carboxylic acids is 1. The average molecular weight is 295 g/mol. The van der Waals surface area contributed by atoms with Crippen LogP contribution in [0.15, 0.2) is 30.3 Å². The fourth-order valence-electron chi connectivity index (χ4n) is 2.45. The molecule has 1 heterocycles. The highest BCUT2D eigenvalue weighted by molar-refractivity contribution is 5.69. The topological polar surface area (TPSA) is 49.8 Å². The van der Waals surface area contributed by atoms with Crippen molar-refractivity contribution in [2.45, 2.75) is 51.1 Å². The van der Waals surface area contributed by atoms with Gasteiger partial charge in [-0.1, -0.05) is 30.3 Å². The van der Waals surface area contributed by atoms with Crippen molar-refractivity contribution in [3.63, 3.8) is 0 Å². The minimum absolute atomic E-state index is 0.157. The standard InChI is InChI=1S/C16H22FNO3/c1-16(2,3)21-15(20)18-10-12(17)14(19)9-13(18)11-7-5-4-6-8-11/h4-8,12-14,19H,9-10H2,1-3H3/t12-,13-,14-/m1/s1. The minimum Gasteiger partial charge on any atom is -0.444 e. The van der Waals surface area contributed by atoms with Crippen LogP contribution in [0.5, 0.6) is 0 Å². The third-order valence-corrected chi connectivity index (χ3v) is 3.44. The van der Waals surface area contributed by atoms with Gasteiger partial charge in [-0.25, -0.2) is 9.18 Å². The monoisotopic (exact) mass is 295 g/mol. The van der Waals surface area contributed by atoms with Crippen molar-refractivity contribution in [2.75, 3.05) is 6.54 Å². The largest absolute Gasteiger partial charge is 0.444 e. The van der Waals surface area contributed by atoms with E-state index in [4.69, 9.17) is 4.74 Å². The van der Waals surface area contributed by atoms with Crippen molar-refractivity contribution >= 4 is 6.09 Å². The van der Waals surface area contributed by atoms with Gasteiger partial charge < -0.3 is 9.84 Å². The molecule has 1 aliphatic heterocycles. The second-order valence-corrected chi connectivity index (χ2v) is 6.38. The van der Waals surface area contributed by atoms with E-state index >= 15 is 0 Å². The van der Waals surface area contributed by atoms with Crippen LogP contribution < -0.4 is 0 Å². The molecule has 21 heavy (non-hydrogen) atoms. The summed E-state index contributed by atoms with van der Waals surface area (Å²) < 4.78 is 19.2. The first-order chi connectivity index (χ1) is 9.78. The summed E-state index contributed by atoms with van der Waals surface area (Å²) in [6.45, 7) is 5.16. The van der Waals surface area contributed by atoms with Gasteiger partial charge in [0.25, 0.3) is 0 Å². The molecule has 0 unspecified atom stereocenters. The van der Waals surface area contributed by atoms with Gasteiger partial charge in [0, 0.05) is 6.42 Å². The summed E-state index contributed by atoms with van der Waals surface area (Å²) in [5, 5.41) is 9.79. The van der Waals surface area contributed by atoms with Crippen molar-refractivity contribution in [3.8, 4) is 0 Å². The number of aliphatic hydroxyl groups is 1. The lowest BCUT2D eigenvalue weighted by molar-refractivity contribution is -0.0400. The summed E-state index contributed by atoms with van der Waals surface area (Å²) in [6, 6.07) is 8.95. The van der Waals surface area contributed by atoms with Gasteiger partial charge in [0.2, 0.25) is 0 Å². The number of carbonyl (C=O) groups is 1. The Bertz CT molecular complexity index is 486. The molecule has 3 atom stereocenters. The molecule has 1 aliphatic rings. The number of alkyl halides is 1. The van der Waals surface area contributed by atoms with Gasteiger partial charge in [0.15, 0.2) is 0 Å². The Labute approximate surface area is 124 Å². The maximum Gasteiger partial charge on any atom is 0.410 e. The second-order valence-electron chi connectivity index (χ2n) is 6.38. The Balaban J connectivity index is 2.24. The number of benzene rings is 1. The van der Waals surface area contributed by atoms with Crippen molar-refractivity contribution in [1.82, 2.24) is 4.90 Å². The lowest BCUT2D eigenvalue weighted by Gasteiger charge is -2.40. The summed E-state index contributed by atoms with van der Waals surface area (Å²) in [5.41, 5.74) is 0.231. The SMILES string of the molecule is CC(C)(C)OC(=O)N1C[C@@H](F)[C@H](O)C[C@@H]1c1ccccc1. The fourth-order valence-corrected chi connectivity index (χ4v) is 2.45. The van der Waals surface area contributed by atoms with Crippen LogP contribution in [-0.2, 0) is 4.74 Å². The predicted molar refractivity (Wildman–Crippen MR) is 77.6 cm³/mol. The van der Waals surface area contributed by atoms with Gasteiger partial charge >= 0.3 is 6.09 Å². The highest BCUT2D eigenvalue weighted by atomic mass is 19.1. The molecule has 1 fully saturated rings. The van der Waals surface area contributed by atoms with Crippen LogP contribution in [0.4, 0.5) is 9.18 Å². The van der Waals surface area contributed by atoms with Crippen LogP contribution in [-0.4, -0.2) is 40.5 Å². The van der Waals surface area contributed by atoms with Crippen LogP contribution in [0.1, 0.15) is 38.8 Å². The number of hydrogen-bond acceptors (Lipinski definition) is 3. The van der Waals surface area contributed by atoms with Crippen LogP contribution in [0.3, 0.4) is 0 Å². The van der Waals surface area contributed by atoms with E-state index in [0.29, 0.717) is 0 Å². The number of ether oxygens (including phenoxy) is 1. The van der Waals surface area contributed by atoms with E-state index in [1.807, 2.05) is 30.3 Å². The van der Waals surface area contributed by atoms with E-state index in [0.717, 1.165) is 5.56 Å². The third-order valence-electron chi connectivity index (χ3n) is 3.44. The zero-order valence-electron chi connectivity index (χ0n) is 12.6. The summed E-state index contributed by atoms with van der Waals surface area (Å²) in [4.78, 5) is 13.7. The number of nitrogens with zero attached hydrogens (tertiary/aromatic N) is 1. The lowest BCUT2D eigenvalue weighted by Crippen LogP contribution is -2.50. The zero-order valence-corrected chi connectivity index (χ0v) is 12.6. The Kier molecular flexibility index (Phi) is 4.52. The molecule has 1 aromatic carbocycles. The molecule has 0 saturated carbocycles. The number of piperidine rings is 1. The Hall–Kier alpha value is -1.62. The van der Waals surface area contributed by atoms with E-state index in [9.17, 15) is 14.3 Å². The number of likely N-dealkylation sites (tertiary alicyclic amines) is 1. The van der Waals surface area contributed by atoms with Crippen LogP contribution in [0, 0.1) is 0 Å². The van der Waals surface area contributed by atoms with Crippen molar-refractivity contribution in [1.29, 1.82) is 0 Å². The van der Waals surface area contributed by atoms with E-state index in [2.05, 4.69) is 0 Å². The highest BCUT2D eigenvalue weighted by Crippen LogP contribution is 2.33. The first-order valence-electron chi connectivity index (χ1n) is 7.14. The number of rotatable bonds is 1. The van der Waals surface area contributed by atoms with Gasteiger partial charge in [0.05, 0.1) is 18.7 Å². The second kappa shape index (κ2) is 6.02. The molecule has 1 aromatic rings. The molecule has 5 heteroatoms. The summed E-state index contributed by atoms with van der Waals surface area (Å²) in [7, 11) is 0. The normalized spacial score (nSPS) is 26.5. The number of halogens is 1. The maximum absolute atomic E-state index is 13.8. The van der Waals surface area contributed by atoms with E-state index in [1.165, 1.54) is 4.90 Å². The van der Waals surface area contributed by atoms with Gasteiger partial charge in [-0.3, -0.25) is 4.90 Å². The van der Waals surface area contributed by atoms with Crippen molar-refractivity contribution < 1.29 is 19.0 Å². The van der Waals surface area contributed by atoms with Gasteiger partial charge in [-0.2, -0.15) is 0 Å². The third kappa shape index (κ3) is 3.94. The molecule has 1 saturated heterocycles. The molecule has 4 nitrogen and oxygen atoms in total. The molecule has 0 spiro atoms. The predicted octanol–water partition coefficient (Wildman–Crippen LogP) is 3.07. The van der Waals surface area contributed by atoms with Gasteiger partial charge in [-0.15, -0.1) is 0 Å². The summed E-state index contributed by atoms with van der Waals surface area (Å²) in [6.07, 6.45) is -2.89.